The van der Waals surface area contributed by atoms with Gasteiger partial charge in [-0.1, -0.05) is 20.8 Å². The van der Waals surface area contributed by atoms with Crippen LogP contribution in [0.25, 0.3) is 0 Å². The van der Waals surface area contributed by atoms with Crippen LogP contribution in [0.1, 0.15) is 53.9 Å². The van der Waals surface area contributed by atoms with Gasteiger partial charge in [0.2, 0.25) is 0 Å². The van der Waals surface area contributed by atoms with Gasteiger partial charge < -0.3 is 10.6 Å². The van der Waals surface area contributed by atoms with E-state index in [4.69, 9.17) is 0 Å². The summed E-state index contributed by atoms with van der Waals surface area (Å²) in [6.45, 7) is 10.2. The van der Waals surface area contributed by atoms with Crippen molar-refractivity contribution in [3.05, 3.63) is 0 Å². The van der Waals surface area contributed by atoms with Gasteiger partial charge in [-0.25, -0.2) is 0 Å². The summed E-state index contributed by atoms with van der Waals surface area (Å²) in [6, 6.07) is 0.221. The molecule has 1 rings (SSSR count). The molecule has 1 saturated carbocycles. The van der Waals surface area contributed by atoms with Crippen molar-refractivity contribution in [1.82, 2.24) is 10.6 Å². The zero-order chi connectivity index (χ0) is 13.3. The van der Waals surface area contributed by atoms with E-state index in [9.17, 15) is 9.59 Å². The van der Waals surface area contributed by atoms with Crippen molar-refractivity contribution in [2.24, 2.45) is 5.41 Å². The van der Waals surface area contributed by atoms with Gasteiger partial charge in [0.05, 0.1) is 0 Å². The molecule has 1 aliphatic rings. The molecule has 0 aromatic rings. The fourth-order valence-electron chi connectivity index (χ4n) is 2.21. The zero-order valence-electron chi connectivity index (χ0n) is 11.5. The second kappa shape index (κ2) is 4.67. The van der Waals surface area contributed by atoms with Gasteiger partial charge in [-0.2, -0.15) is 0 Å². The molecule has 1 fully saturated rings. The number of rotatable bonds is 3. The summed E-state index contributed by atoms with van der Waals surface area (Å²) < 4.78 is 0. The number of hydrogen-bond acceptors (Lipinski definition) is 2. The van der Waals surface area contributed by atoms with E-state index in [0.29, 0.717) is 0 Å². The second-order valence-corrected chi connectivity index (χ2v) is 6.82. The van der Waals surface area contributed by atoms with Crippen molar-refractivity contribution >= 4 is 11.8 Å². The van der Waals surface area contributed by atoms with Crippen LogP contribution in [-0.2, 0) is 9.59 Å². The number of carbonyl (C=O) groups excluding carboxylic acids is 2. The Morgan fingerprint density at radius 1 is 1.06 bits per heavy atom. The highest BCUT2D eigenvalue weighted by molar-refractivity contribution is 6.35. The van der Waals surface area contributed by atoms with Crippen molar-refractivity contribution < 1.29 is 9.59 Å². The fraction of sp³-hybridized carbons (Fsp3) is 0.846. The zero-order valence-corrected chi connectivity index (χ0v) is 11.5. The molecule has 4 heteroatoms. The van der Waals surface area contributed by atoms with Crippen LogP contribution in [-0.4, -0.2) is 23.4 Å². The number of nitrogens with one attached hydrogen (secondary N) is 2. The second-order valence-electron chi connectivity index (χ2n) is 6.82. The Kier molecular flexibility index (Phi) is 3.84. The summed E-state index contributed by atoms with van der Waals surface area (Å²) in [7, 11) is 0. The van der Waals surface area contributed by atoms with E-state index in [2.05, 4.69) is 31.4 Å². The normalized spacial score (nSPS) is 16.5. The third-order valence-electron chi connectivity index (χ3n) is 2.54. The largest absolute Gasteiger partial charge is 0.345 e. The van der Waals surface area contributed by atoms with E-state index >= 15 is 0 Å². The molecule has 2 N–H and O–H groups in total. The highest BCUT2D eigenvalue weighted by Crippen LogP contribution is 2.26. The van der Waals surface area contributed by atoms with Crippen molar-refractivity contribution in [2.75, 3.05) is 0 Å². The molecule has 0 unspecified atom stereocenters. The molecule has 0 atom stereocenters. The number of hydrogen-bond donors (Lipinski definition) is 2. The smallest absolute Gasteiger partial charge is 0.309 e. The van der Waals surface area contributed by atoms with E-state index in [1.54, 1.807) is 0 Å². The highest BCUT2D eigenvalue weighted by Gasteiger charge is 2.31. The lowest BCUT2D eigenvalue weighted by atomic mass is 9.82. The minimum Gasteiger partial charge on any atom is -0.345 e. The Hall–Kier alpha value is -1.06. The van der Waals surface area contributed by atoms with E-state index in [-0.39, 0.29) is 17.0 Å². The molecule has 0 aliphatic heterocycles. The topological polar surface area (TPSA) is 58.2 Å². The number of carbonyl (C=O) groups is 2. The van der Waals surface area contributed by atoms with Crippen molar-refractivity contribution in [3.8, 4) is 0 Å². The first kappa shape index (κ1) is 14.0. The van der Waals surface area contributed by atoms with Crippen molar-refractivity contribution in [2.45, 2.75) is 65.5 Å². The van der Waals surface area contributed by atoms with E-state index in [1.807, 2.05) is 13.8 Å². The molecule has 98 valence electrons. The Balaban J connectivity index is 2.45. The summed E-state index contributed by atoms with van der Waals surface area (Å²) in [6.07, 6.45) is 2.80. The maximum absolute atomic E-state index is 11.7. The van der Waals surface area contributed by atoms with Crippen LogP contribution in [0.3, 0.4) is 0 Å². The Morgan fingerprint density at radius 2 is 1.59 bits per heavy atom. The molecule has 0 saturated heterocycles. The van der Waals surface area contributed by atoms with Crippen LogP contribution in [0.4, 0.5) is 0 Å². The standard InChI is InChI=1S/C13H24N2O2/c1-12(2,3)8-13(4,5)15-11(17)10(16)14-9-6-7-9/h9H,6-8H2,1-5H3,(H,14,16)(H,15,17). The van der Waals surface area contributed by atoms with Gasteiger partial charge in [0, 0.05) is 11.6 Å². The monoisotopic (exact) mass is 240 g/mol. The van der Waals surface area contributed by atoms with Gasteiger partial charge in [-0.15, -0.1) is 0 Å². The minimum atomic E-state index is -0.522. The fourth-order valence-corrected chi connectivity index (χ4v) is 2.21. The van der Waals surface area contributed by atoms with Crippen molar-refractivity contribution in [1.29, 1.82) is 0 Å². The van der Waals surface area contributed by atoms with Gasteiger partial charge in [-0.05, 0) is 38.5 Å². The van der Waals surface area contributed by atoms with Crippen molar-refractivity contribution in [3.63, 3.8) is 0 Å². The van der Waals surface area contributed by atoms with Crippen LogP contribution in [0.5, 0.6) is 0 Å². The predicted molar refractivity (Wildman–Crippen MR) is 67.5 cm³/mol. The lowest BCUT2D eigenvalue weighted by Crippen LogP contribution is -2.51. The quantitative estimate of drug-likeness (QED) is 0.736. The minimum absolute atomic E-state index is 0.115. The maximum Gasteiger partial charge on any atom is 0.309 e. The summed E-state index contributed by atoms with van der Waals surface area (Å²) in [5.41, 5.74) is -0.250. The Bertz CT molecular complexity index is 312. The first-order valence-electron chi connectivity index (χ1n) is 6.22. The molecule has 4 nitrogen and oxygen atoms in total. The van der Waals surface area contributed by atoms with Gasteiger partial charge in [0.15, 0.2) is 0 Å². The molecule has 0 bridgehead atoms. The first-order valence-corrected chi connectivity index (χ1v) is 6.22. The van der Waals surface area contributed by atoms with E-state index in [0.717, 1.165) is 19.3 Å². The van der Waals surface area contributed by atoms with Gasteiger partial charge >= 0.3 is 11.8 Å². The first-order chi connectivity index (χ1) is 7.59. The Labute approximate surface area is 104 Å². The van der Waals surface area contributed by atoms with E-state index in [1.165, 1.54) is 0 Å². The SMILES string of the molecule is CC(C)(C)CC(C)(C)NC(=O)C(=O)NC1CC1. The van der Waals surface area contributed by atoms with Crippen LogP contribution in [0, 0.1) is 5.41 Å². The third-order valence-corrected chi connectivity index (χ3v) is 2.54. The van der Waals surface area contributed by atoms with Crippen LogP contribution < -0.4 is 10.6 Å². The summed E-state index contributed by atoms with van der Waals surface area (Å²) in [5.74, 6) is -1.03. The molecule has 0 aromatic carbocycles. The Morgan fingerprint density at radius 3 is 2.00 bits per heavy atom. The molecule has 0 radical (unpaired) electrons. The van der Waals surface area contributed by atoms with Gasteiger partial charge in [-0.3, -0.25) is 9.59 Å². The average Bonchev–Trinajstić information content (AvgIpc) is 2.81. The molecule has 2 amide bonds. The molecular formula is C13H24N2O2. The maximum atomic E-state index is 11.7. The van der Waals surface area contributed by atoms with Crippen LogP contribution in [0.2, 0.25) is 0 Å². The molecule has 0 aromatic heterocycles. The number of amides is 2. The molecular weight excluding hydrogens is 216 g/mol. The summed E-state index contributed by atoms with van der Waals surface area (Å²) in [4.78, 5) is 23.2. The highest BCUT2D eigenvalue weighted by atomic mass is 16.2. The molecule has 0 heterocycles. The van der Waals surface area contributed by atoms with Crippen LogP contribution >= 0.6 is 0 Å². The molecule has 0 spiro atoms. The van der Waals surface area contributed by atoms with Crippen LogP contribution in [0.15, 0.2) is 0 Å². The lowest BCUT2D eigenvalue weighted by Gasteiger charge is -2.33. The predicted octanol–water partition coefficient (Wildman–Crippen LogP) is 1.60. The summed E-state index contributed by atoms with van der Waals surface area (Å²) >= 11 is 0. The molecule has 17 heavy (non-hydrogen) atoms. The van der Waals surface area contributed by atoms with Gasteiger partial charge in [0.1, 0.15) is 0 Å². The van der Waals surface area contributed by atoms with Gasteiger partial charge in [0.25, 0.3) is 0 Å². The summed E-state index contributed by atoms with van der Waals surface area (Å²) in [5, 5.41) is 5.48. The average molecular weight is 240 g/mol. The molecule has 1 aliphatic carbocycles. The third kappa shape index (κ3) is 5.71. The lowest BCUT2D eigenvalue weighted by molar-refractivity contribution is -0.140. The van der Waals surface area contributed by atoms with E-state index < -0.39 is 11.8 Å².